The summed E-state index contributed by atoms with van der Waals surface area (Å²) in [4.78, 5) is 30.5. The molecule has 1 amide bonds. The summed E-state index contributed by atoms with van der Waals surface area (Å²) in [7, 11) is 0. The first-order valence-corrected chi connectivity index (χ1v) is 10.8. The van der Waals surface area contributed by atoms with E-state index in [2.05, 4.69) is 19.1 Å². The number of hydrogen-bond donors (Lipinski definition) is 1. The van der Waals surface area contributed by atoms with Crippen molar-refractivity contribution in [1.29, 1.82) is 0 Å². The number of carbonyl (C=O) groups excluding carboxylic acids is 1. The maximum atomic E-state index is 13.6. The average Bonchev–Trinajstić information content (AvgIpc) is 3.17. The third-order valence-corrected chi connectivity index (χ3v) is 6.10. The van der Waals surface area contributed by atoms with Gasteiger partial charge in [-0.05, 0) is 30.5 Å². The van der Waals surface area contributed by atoms with E-state index < -0.39 is 5.91 Å². The van der Waals surface area contributed by atoms with E-state index in [1.165, 1.54) is 16.9 Å². The van der Waals surface area contributed by atoms with Crippen molar-refractivity contribution in [2.45, 2.75) is 33.2 Å². The molecule has 0 aliphatic heterocycles. The molecule has 4 rings (SSSR count). The minimum absolute atomic E-state index is 0.0799. The highest BCUT2D eigenvalue weighted by molar-refractivity contribution is 7.17. The van der Waals surface area contributed by atoms with Crippen molar-refractivity contribution in [2.75, 3.05) is 0 Å². The van der Waals surface area contributed by atoms with Crippen LogP contribution in [0.2, 0.25) is 0 Å². The topological polar surface area (TPSA) is 78.0 Å². The van der Waals surface area contributed by atoms with Crippen LogP contribution in [0.3, 0.4) is 0 Å². The van der Waals surface area contributed by atoms with Crippen molar-refractivity contribution in [2.24, 2.45) is 5.73 Å². The molecule has 152 valence electrons. The van der Waals surface area contributed by atoms with Crippen LogP contribution in [0.25, 0.3) is 32.7 Å². The van der Waals surface area contributed by atoms with Gasteiger partial charge in [-0.2, -0.15) is 0 Å². The van der Waals surface area contributed by atoms with E-state index in [0.29, 0.717) is 16.0 Å². The minimum atomic E-state index is -0.446. The molecule has 2 aromatic heterocycles. The predicted octanol–water partition coefficient (Wildman–Crippen LogP) is 4.54. The molecule has 2 aromatic carbocycles. The van der Waals surface area contributed by atoms with E-state index in [1.54, 1.807) is 4.57 Å². The number of amides is 1. The zero-order valence-electron chi connectivity index (χ0n) is 17.0. The maximum absolute atomic E-state index is 13.6. The molecule has 0 saturated carbocycles. The molecule has 4 aromatic rings. The fourth-order valence-corrected chi connectivity index (χ4v) is 4.53. The lowest BCUT2D eigenvalue weighted by atomic mass is 10.0. The van der Waals surface area contributed by atoms with Crippen molar-refractivity contribution in [3.8, 4) is 22.5 Å². The summed E-state index contributed by atoms with van der Waals surface area (Å²) in [5, 5.41) is 2.57. The van der Waals surface area contributed by atoms with Gasteiger partial charge in [-0.3, -0.25) is 14.2 Å². The van der Waals surface area contributed by atoms with Crippen LogP contribution in [-0.2, 0) is 17.8 Å². The van der Waals surface area contributed by atoms with Crippen LogP contribution < -0.4 is 11.3 Å². The molecule has 30 heavy (non-hydrogen) atoms. The van der Waals surface area contributed by atoms with Gasteiger partial charge in [-0.1, -0.05) is 55.0 Å². The zero-order valence-corrected chi connectivity index (χ0v) is 17.8. The molecular formula is C24H23N3O2S. The number of aromatic nitrogens is 2. The fraction of sp³-hybridized carbons (Fsp3) is 0.208. The average molecular weight is 418 g/mol. The Kier molecular flexibility index (Phi) is 5.50. The van der Waals surface area contributed by atoms with Gasteiger partial charge in [0.2, 0.25) is 5.91 Å². The standard InChI is InChI=1S/C24H23N3O2S/c1-3-16-7-9-17(10-8-16)19-14-30-23-21(19)24(29)27(12-11-20(25)28)22(26-23)18-6-4-5-15(2)13-18/h4-10,13-14H,3,11-12H2,1-2H3,(H2,25,28). The first-order chi connectivity index (χ1) is 14.5. The molecule has 2 heterocycles. The van der Waals surface area contributed by atoms with Crippen LogP contribution in [0.1, 0.15) is 24.5 Å². The van der Waals surface area contributed by atoms with Gasteiger partial charge in [0.25, 0.3) is 5.56 Å². The van der Waals surface area contributed by atoms with E-state index >= 15 is 0 Å². The lowest BCUT2D eigenvalue weighted by Crippen LogP contribution is -2.26. The van der Waals surface area contributed by atoms with Crippen molar-refractivity contribution in [1.82, 2.24) is 9.55 Å². The molecule has 0 aliphatic rings. The van der Waals surface area contributed by atoms with Crippen molar-refractivity contribution in [3.63, 3.8) is 0 Å². The molecule has 0 saturated heterocycles. The summed E-state index contributed by atoms with van der Waals surface area (Å²) in [6.07, 6.45) is 1.04. The van der Waals surface area contributed by atoms with Gasteiger partial charge < -0.3 is 5.73 Å². The Morgan fingerprint density at radius 1 is 1.13 bits per heavy atom. The van der Waals surface area contributed by atoms with Crippen molar-refractivity contribution >= 4 is 27.5 Å². The molecule has 0 radical (unpaired) electrons. The lowest BCUT2D eigenvalue weighted by molar-refractivity contribution is -0.118. The molecule has 0 fully saturated rings. The second kappa shape index (κ2) is 8.24. The van der Waals surface area contributed by atoms with E-state index in [9.17, 15) is 9.59 Å². The molecular weight excluding hydrogens is 394 g/mol. The first-order valence-electron chi connectivity index (χ1n) is 9.94. The third-order valence-electron chi connectivity index (χ3n) is 5.23. The second-order valence-electron chi connectivity index (χ2n) is 7.36. The highest BCUT2D eigenvalue weighted by atomic mass is 32.1. The summed E-state index contributed by atoms with van der Waals surface area (Å²) in [5.74, 6) is 0.116. The van der Waals surface area contributed by atoms with Gasteiger partial charge in [0.1, 0.15) is 10.7 Å². The van der Waals surface area contributed by atoms with Gasteiger partial charge in [0, 0.05) is 29.5 Å². The first kappa shape index (κ1) is 20.0. The van der Waals surface area contributed by atoms with Gasteiger partial charge in [-0.25, -0.2) is 4.98 Å². The summed E-state index contributed by atoms with van der Waals surface area (Å²) in [6, 6.07) is 16.1. The van der Waals surface area contributed by atoms with E-state index in [4.69, 9.17) is 10.7 Å². The highest BCUT2D eigenvalue weighted by Gasteiger charge is 2.18. The van der Waals surface area contributed by atoms with E-state index in [-0.39, 0.29) is 18.5 Å². The van der Waals surface area contributed by atoms with Crippen LogP contribution in [0.5, 0.6) is 0 Å². The molecule has 0 bridgehead atoms. The molecule has 5 nitrogen and oxygen atoms in total. The number of thiophene rings is 1. The van der Waals surface area contributed by atoms with E-state index in [1.807, 2.05) is 48.7 Å². The minimum Gasteiger partial charge on any atom is -0.370 e. The van der Waals surface area contributed by atoms with Gasteiger partial charge >= 0.3 is 0 Å². The summed E-state index contributed by atoms with van der Waals surface area (Å²) >= 11 is 1.46. The van der Waals surface area contributed by atoms with Crippen LogP contribution >= 0.6 is 11.3 Å². The SMILES string of the molecule is CCc1ccc(-c2csc3nc(-c4cccc(C)c4)n(CCC(N)=O)c(=O)c23)cc1. The normalized spacial score (nSPS) is 11.1. The Morgan fingerprint density at radius 3 is 2.57 bits per heavy atom. The number of benzene rings is 2. The largest absolute Gasteiger partial charge is 0.370 e. The monoisotopic (exact) mass is 417 g/mol. The molecule has 0 unspecified atom stereocenters. The Bertz CT molecular complexity index is 1290. The fourth-order valence-electron chi connectivity index (χ4n) is 3.59. The summed E-state index contributed by atoms with van der Waals surface area (Å²) < 4.78 is 1.58. The Balaban J connectivity index is 1.94. The number of rotatable bonds is 6. The second-order valence-corrected chi connectivity index (χ2v) is 8.22. The number of carbonyl (C=O) groups is 1. The van der Waals surface area contributed by atoms with Gasteiger partial charge in [-0.15, -0.1) is 11.3 Å². The number of fused-ring (bicyclic) bond motifs is 1. The number of nitrogens with two attached hydrogens (primary N) is 1. The van der Waals surface area contributed by atoms with Crippen LogP contribution in [0.15, 0.2) is 58.7 Å². The smallest absolute Gasteiger partial charge is 0.263 e. The quantitative estimate of drug-likeness (QED) is 0.500. The summed E-state index contributed by atoms with van der Waals surface area (Å²) in [5.41, 5.74) is 10.3. The molecule has 0 atom stereocenters. The Hall–Kier alpha value is -3.25. The van der Waals surface area contributed by atoms with E-state index in [0.717, 1.165) is 28.7 Å². The highest BCUT2D eigenvalue weighted by Crippen LogP contribution is 2.32. The summed E-state index contributed by atoms with van der Waals surface area (Å²) in [6.45, 7) is 4.31. The molecule has 6 heteroatoms. The van der Waals surface area contributed by atoms with Crippen molar-refractivity contribution in [3.05, 3.63) is 75.4 Å². The zero-order chi connectivity index (χ0) is 21.3. The maximum Gasteiger partial charge on any atom is 0.263 e. The van der Waals surface area contributed by atoms with Crippen LogP contribution in [-0.4, -0.2) is 15.5 Å². The van der Waals surface area contributed by atoms with Gasteiger partial charge in [0.15, 0.2) is 0 Å². The molecule has 0 aliphatic carbocycles. The molecule has 0 spiro atoms. The third kappa shape index (κ3) is 3.78. The van der Waals surface area contributed by atoms with Crippen LogP contribution in [0, 0.1) is 6.92 Å². The Morgan fingerprint density at radius 2 is 1.90 bits per heavy atom. The number of primary amides is 1. The van der Waals surface area contributed by atoms with Crippen molar-refractivity contribution < 1.29 is 4.79 Å². The molecule has 2 N–H and O–H groups in total. The number of aryl methyl sites for hydroxylation is 2. The Labute approximate surface area is 178 Å². The number of nitrogens with zero attached hydrogens (tertiary/aromatic N) is 2. The van der Waals surface area contributed by atoms with Gasteiger partial charge in [0.05, 0.1) is 5.39 Å². The lowest BCUT2D eigenvalue weighted by Gasteiger charge is -2.13. The number of hydrogen-bond acceptors (Lipinski definition) is 4. The predicted molar refractivity (Wildman–Crippen MR) is 123 cm³/mol. The van der Waals surface area contributed by atoms with Crippen LogP contribution in [0.4, 0.5) is 0 Å².